The Morgan fingerprint density at radius 3 is 2.89 bits per heavy atom. The fourth-order valence-corrected chi connectivity index (χ4v) is 1.70. The molecule has 0 aliphatic rings. The molecule has 18 heavy (non-hydrogen) atoms. The van der Waals surface area contributed by atoms with Crippen LogP contribution < -0.4 is 10.1 Å². The fourth-order valence-electron chi connectivity index (χ4n) is 1.41. The normalized spacial score (nSPS) is 12.4. The molecule has 0 aliphatic heterocycles. The predicted octanol–water partition coefficient (Wildman–Crippen LogP) is 1.62. The van der Waals surface area contributed by atoms with Crippen LogP contribution in [0.3, 0.4) is 0 Å². The van der Waals surface area contributed by atoms with Gasteiger partial charge in [0.1, 0.15) is 18.5 Å². The van der Waals surface area contributed by atoms with Gasteiger partial charge < -0.3 is 19.9 Å². The van der Waals surface area contributed by atoms with E-state index in [-0.39, 0.29) is 6.61 Å². The monoisotopic (exact) mass is 273 g/mol. The van der Waals surface area contributed by atoms with E-state index in [0.29, 0.717) is 30.5 Å². The van der Waals surface area contributed by atoms with Crippen molar-refractivity contribution in [3.63, 3.8) is 0 Å². The molecule has 0 spiro atoms. The Balaban J connectivity index is 2.27. The summed E-state index contributed by atoms with van der Waals surface area (Å²) in [5.41, 5.74) is 1.08. The summed E-state index contributed by atoms with van der Waals surface area (Å²) in [6.45, 7) is 3.97. The Morgan fingerprint density at radius 1 is 1.44 bits per heavy atom. The number of halogens is 1. The number of nitrogens with one attached hydrogen (secondary N) is 1. The second kappa shape index (κ2) is 8.32. The largest absolute Gasteiger partial charge is 0.489 e. The van der Waals surface area contributed by atoms with Crippen molar-refractivity contribution < 1.29 is 14.6 Å². The third-order valence-electron chi connectivity index (χ3n) is 2.38. The van der Waals surface area contributed by atoms with Crippen molar-refractivity contribution in [2.45, 2.75) is 13.0 Å². The van der Waals surface area contributed by atoms with Crippen molar-refractivity contribution in [2.24, 2.45) is 0 Å². The molecule has 0 heterocycles. The quantitative estimate of drug-likeness (QED) is 0.707. The zero-order valence-corrected chi connectivity index (χ0v) is 11.5. The molecule has 0 saturated carbocycles. The molecule has 1 rings (SSSR count). The van der Waals surface area contributed by atoms with Crippen LogP contribution in [0, 0.1) is 6.92 Å². The molecule has 1 aromatic carbocycles. The summed E-state index contributed by atoms with van der Waals surface area (Å²) in [5, 5.41) is 13.3. The third kappa shape index (κ3) is 5.69. The predicted molar refractivity (Wildman–Crippen MR) is 72.4 cm³/mol. The first-order chi connectivity index (χ1) is 8.63. The van der Waals surface area contributed by atoms with E-state index >= 15 is 0 Å². The summed E-state index contributed by atoms with van der Waals surface area (Å²) >= 11 is 6.02. The molecule has 1 unspecified atom stereocenters. The van der Waals surface area contributed by atoms with E-state index in [4.69, 9.17) is 21.1 Å². The molecule has 1 atom stereocenters. The molecule has 0 aliphatic carbocycles. The average Bonchev–Trinajstić information content (AvgIpc) is 2.33. The number of benzene rings is 1. The number of rotatable bonds is 8. The van der Waals surface area contributed by atoms with Crippen LogP contribution in [0.25, 0.3) is 0 Å². The van der Waals surface area contributed by atoms with Crippen LogP contribution in [0.1, 0.15) is 5.56 Å². The summed E-state index contributed by atoms with van der Waals surface area (Å²) in [6.07, 6.45) is -0.570. The van der Waals surface area contributed by atoms with Crippen LogP contribution in [0.2, 0.25) is 5.02 Å². The number of aryl methyl sites for hydroxylation is 1. The summed E-state index contributed by atoms with van der Waals surface area (Å²) in [7, 11) is 1.64. The third-order valence-corrected chi connectivity index (χ3v) is 2.68. The van der Waals surface area contributed by atoms with Crippen molar-refractivity contribution in [1.82, 2.24) is 5.32 Å². The van der Waals surface area contributed by atoms with E-state index in [0.717, 1.165) is 5.56 Å². The molecule has 2 N–H and O–H groups in total. The average molecular weight is 274 g/mol. The molecular formula is C13H20ClNO3. The molecule has 5 heteroatoms. The number of aliphatic hydroxyl groups is 1. The maximum absolute atomic E-state index is 9.68. The van der Waals surface area contributed by atoms with E-state index in [1.54, 1.807) is 7.11 Å². The molecule has 0 saturated heterocycles. The Hall–Kier alpha value is -0.810. The second-order valence-electron chi connectivity index (χ2n) is 4.10. The first-order valence-corrected chi connectivity index (χ1v) is 6.28. The van der Waals surface area contributed by atoms with Gasteiger partial charge >= 0.3 is 0 Å². The first kappa shape index (κ1) is 15.2. The van der Waals surface area contributed by atoms with Crippen LogP contribution in [-0.4, -0.2) is 44.6 Å². The fraction of sp³-hybridized carbons (Fsp3) is 0.538. The van der Waals surface area contributed by atoms with Crippen LogP contribution >= 0.6 is 11.6 Å². The molecule has 4 nitrogen and oxygen atoms in total. The minimum atomic E-state index is -0.570. The van der Waals surface area contributed by atoms with Gasteiger partial charge in [0, 0.05) is 20.2 Å². The highest BCUT2D eigenvalue weighted by Crippen LogP contribution is 2.25. The summed E-state index contributed by atoms with van der Waals surface area (Å²) < 4.78 is 10.3. The van der Waals surface area contributed by atoms with Gasteiger partial charge in [0.2, 0.25) is 0 Å². The van der Waals surface area contributed by atoms with Gasteiger partial charge in [0.15, 0.2) is 0 Å². The maximum Gasteiger partial charge on any atom is 0.138 e. The van der Waals surface area contributed by atoms with Gasteiger partial charge in [-0.15, -0.1) is 0 Å². The van der Waals surface area contributed by atoms with Gasteiger partial charge in [-0.2, -0.15) is 0 Å². The zero-order valence-electron chi connectivity index (χ0n) is 10.8. The first-order valence-electron chi connectivity index (χ1n) is 5.90. The van der Waals surface area contributed by atoms with Crippen LogP contribution in [0.4, 0.5) is 0 Å². The molecule has 0 amide bonds. The van der Waals surface area contributed by atoms with Gasteiger partial charge in [0.25, 0.3) is 0 Å². The molecule has 0 bridgehead atoms. The van der Waals surface area contributed by atoms with Crippen LogP contribution in [-0.2, 0) is 4.74 Å². The second-order valence-corrected chi connectivity index (χ2v) is 4.50. The van der Waals surface area contributed by atoms with Crippen molar-refractivity contribution in [2.75, 3.05) is 33.4 Å². The molecule has 0 fully saturated rings. The lowest BCUT2D eigenvalue weighted by atomic mass is 10.2. The van der Waals surface area contributed by atoms with E-state index in [9.17, 15) is 5.11 Å². The Bertz CT molecular complexity index is 360. The Kier molecular flexibility index (Phi) is 7.05. The highest BCUT2D eigenvalue weighted by Gasteiger charge is 2.07. The minimum Gasteiger partial charge on any atom is -0.489 e. The van der Waals surface area contributed by atoms with Gasteiger partial charge in [-0.25, -0.2) is 0 Å². The minimum absolute atomic E-state index is 0.211. The van der Waals surface area contributed by atoms with Gasteiger partial charge in [0.05, 0.1) is 11.6 Å². The highest BCUT2D eigenvalue weighted by molar-refractivity contribution is 6.32. The molecular weight excluding hydrogens is 254 g/mol. The van der Waals surface area contributed by atoms with Crippen molar-refractivity contribution in [1.29, 1.82) is 0 Å². The lowest BCUT2D eigenvalue weighted by Crippen LogP contribution is -2.33. The van der Waals surface area contributed by atoms with Crippen molar-refractivity contribution in [3.8, 4) is 5.75 Å². The van der Waals surface area contributed by atoms with Crippen molar-refractivity contribution in [3.05, 3.63) is 28.8 Å². The summed E-state index contributed by atoms with van der Waals surface area (Å²) in [5.74, 6) is 0.596. The maximum atomic E-state index is 9.68. The van der Waals surface area contributed by atoms with Crippen LogP contribution in [0.15, 0.2) is 18.2 Å². The Labute approximate surface area is 113 Å². The molecule has 1 aromatic rings. The van der Waals surface area contributed by atoms with E-state index in [1.165, 1.54) is 0 Å². The van der Waals surface area contributed by atoms with E-state index in [1.807, 2.05) is 25.1 Å². The van der Waals surface area contributed by atoms with E-state index < -0.39 is 6.10 Å². The van der Waals surface area contributed by atoms with Gasteiger partial charge in [-0.1, -0.05) is 17.7 Å². The van der Waals surface area contributed by atoms with E-state index in [2.05, 4.69) is 5.32 Å². The summed E-state index contributed by atoms with van der Waals surface area (Å²) in [4.78, 5) is 0. The SMILES string of the molecule is COCCNCC(O)COc1ccc(C)cc1Cl. The van der Waals surface area contributed by atoms with Gasteiger partial charge in [-0.3, -0.25) is 0 Å². The lowest BCUT2D eigenvalue weighted by molar-refractivity contribution is 0.103. The molecule has 0 aromatic heterocycles. The Morgan fingerprint density at radius 2 is 2.22 bits per heavy atom. The lowest BCUT2D eigenvalue weighted by Gasteiger charge is -2.14. The molecule has 0 radical (unpaired) electrons. The number of methoxy groups -OCH3 is 1. The number of aliphatic hydroxyl groups excluding tert-OH is 1. The zero-order chi connectivity index (χ0) is 13.4. The van der Waals surface area contributed by atoms with Crippen molar-refractivity contribution >= 4 is 11.6 Å². The van der Waals surface area contributed by atoms with Crippen LogP contribution in [0.5, 0.6) is 5.75 Å². The smallest absolute Gasteiger partial charge is 0.138 e. The standard InChI is InChI=1S/C13H20ClNO3/c1-10-3-4-13(12(14)7-10)18-9-11(16)8-15-5-6-17-2/h3-4,7,11,15-16H,5-6,8-9H2,1-2H3. The van der Waals surface area contributed by atoms with Gasteiger partial charge in [-0.05, 0) is 24.6 Å². The topological polar surface area (TPSA) is 50.7 Å². The number of ether oxygens (including phenoxy) is 2. The molecule has 102 valence electrons. The summed E-state index contributed by atoms with van der Waals surface area (Å²) in [6, 6.07) is 5.56. The number of hydrogen-bond donors (Lipinski definition) is 2. The highest BCUT2D eigenvalue weighted by atomic mass is 35.5. The number of hydrogen-bond acceptors (Lipinski definition) is 4.